The van der Waals surface area contributed by atoms with Gasteiger partial charge < -0.3 is 0 Å². The van der Waals surface area contributed by atoms with Crippen molar-refractivity contribution in [2.75, 3.05) is 0 Å². The summed E-state index contributed by atoms with van der Waals surface area (Å²) < 4.78 is 5.92. The molecule has 0 aliphatic carbocycles. The van der Waals surface area contributed by atoms with Gasteiger partial charge in [-0.1, -0.05) is 0 Å². The second kappa shape index (κ2) is 7.45. The molecule has 0 aliphatic heterocycles. The molecule has 0 atom stereocenters. The van der Waals surface area contributed by atoms with Gasteiger partial charge in [-0.2, -0.15) is 0 Å². The molecule has 0 aromatic rings. The van der Waals surface area contributed by atoms with Gasteiger partial charge in [-0.15, -0.1) is 0 Å². The van der Waals surface area contributed by atoms with E-state index >= 15 is 0 Å². The first-order chi connectivity index (χ1) is 7.67. The summed E-state index contributed by atoms with van der Waals surface area (Å²) in [6, 6.07) is 0. The van der Waals surface area contributed by atoms with Crippen LogP contribution in [0.25, 0.3) is 0 Å². The molecular formula is C14H30GeO2. The Hall–Kier alpha value is 0.0129. The normalized spacial score (nSPS) is 12.6. The Bertz CT molecular complexity index is 208. The first kappa shape index (κ1) is 17.0. The molecule has 0 rings (SSSR count). The first-order valence-corrected chi connectivity index (χ1v) is 12.2. The van der Waals surface area contributed by atoms with Gasteiger partial charge in [0.05, 0.1) is 0 Å². The molecule has 0 saturated carbocycles. The molecule has 0 amide bonds. The van der Waals surface area contributed by atoms with Gasteiger partial charge in [0.25, 0.3) is 0 Å². The van der Waals surface area contributed by atoms with Crippen molar-refractivity contribution in [1.82, 2.24) is 0 Å². The molecule has 0 spiro atoms. The van der Waals surface area contributed by atoms with E-state index in [1.807, 2.05) is 0 Å². The summed E-state index contributed by atoms with van der Waals surface area (Å²) in [5, 5.41) is 3.45. The summed E-state index contributed by atoms with van der Waals surface area (Å²) in [4.78, 5) is 11.4. The fraction of sp³-hybridized carbons (Fsp3) is 0.929. The van der Waals surface area contributed by atoms with Crippen molar-refractivity contribution < 1.29 is 8.56 Å². The van der Waals surface area contributed by atoms with Crippen molar-refractivity contribution >= 4 is 19.6 Å². The Labute approximate surface area is 110 Å². The number of carbonyl (C=O) groups excluding carboxylic acids is 1. The van der Waals surface area contributed by atoms with Gasteiger partial charge in [0.2, 0.25) is 0 Å². The van der Waals surface area contributed by atoms with Crippen molar-refractivity contribution in [2.45, 2.75) is 64.2 Å². The number of rotatable bonds is 7. The second-order valence-corrected chi connectivity index (χ2v) is 14.5. The average molecular weight is 303 g/mol. The molecule has 0 fully saturated rings. The number of carbonyl (C=O) groups is 1. The maximum absolute atomic E-state index is 11.4. The zero-order chi connectivity index (χ0) is 13.6. The number of hydrogen-bond acceptors (Lipinski definition) is 2. The second-order valence-electron chi connectivity index (χ2n) is 6.57. The van der Waals surface area contributed by atoms with Crippen LogP contribution in [-0.4, -0.2) is 19.6 Å². The molecule has 2 nitrogen and oxygen atoms in total. The summed E-state index contributed by atoms with van der Waals surface area (Å²) in [5.74, 6) is 1.83. The SMILES string of the molecule is CC(=O)[O][Ge]([CH2]C(C)C)([CH2]C(C)C)[CH2]C(C)C. The van der Waals surface area contributed by atoms with Crippen LogP contribution in [0.4, 0.5) is 0 Å². The fourth-order valence-corrected chi connectivity index (χ4v) is 15.1. The van der Waals surface area contributed by atoms with Crippen LogP contribution in [0.3, 0.4) is 0 Å². The van der Waals surface area contributed by atoms with Crippen molar-refractivity contribution in [1.29, 1.82) is 0 Å². The van der Waals surface area contributed by atoms with E-state index in [0.29, 0.717) is 17.8 Å². The molecule has 0 aromatic heterocycles. The Kier molecular flexibility index (Phi) is 7.45. The standard InChI is InChI=1S/C14H30GeO2/c1-11(2)8-15(9-12(3)4,10-13(5)6)17-14(7)16/h11-13H,8-10H2,1-7H3. The molecule has 102 valence electrons. The Morgan fingerprint density at radius 2 is 1.18 bits per heavy atom. The van der Waals surface area contributed by atoms with Crippen LogP contribution in [-0.2, 0) is 8.56 Å². The van der Waals surface area contributed by atoms with E-state index in [0.717, 1.165) is 15.8 Å². The van der Waals surface area contributed by atoms with Crippen LogP contribution in [0.5, 0.6) is 0 Å². The summed E-state index contributed by atoms with van der Waals surface area (Å²) >= 11 is -2.47. The molecule has 0 unspecified atom stereocenters. The first-order valence-electron chi connectivity index (χ1n) is 6.86. The van der Waals surface area contributed by atoms with Crippen molar-refractivity contribution in [3.8, 4) is 0 Å². The monoisotopic (exact) mass is 304 g/mol. The van der Waals surface area contributed by atoms with Crippen molar-refractivity contribution in [3.63, 3.8) is 0 Å². The predicted molar refractivity (Wildman–Crippen MR) is 76.5 cm³/mol. The van der Waals surface area contributed by atoms with E-state index in [-0.39, 0.29) is 5.97 Å². The van der Waals surface area contributed by atoms with Gasteiger partial charge in [0.15, 0.2) is 0 Å². The minimum atomic E-state index is -2.47. The van der Waals surface area contributed by atoms with Gasteiger partial charge in [-0.25, -0.2) is 0 Å². The van der Waals surface area contributed by atoms with Crippen molar-refractivity contribution in [2.24, 2.45) is 17.8 Å². The molecule has 0 N–H and O–H groups in total. The molecule has 3 heteroatoms. The van der Waals surface area contributed by atoms with E-state index in [9.17, 15) is 4.79 Å². The van der Waals surface area contributed by atoms with Gasteiger partial charge in [0.1, 0.15) is 0 Å². The number of hydrogen-bond donors (Lipinski definition) is 0. The zero-order valence-corrected chi connectivity index (χ0v) is 14.8. The van der Waals surface area contributed by atoms with Gasteiger partial charge in [0, 0.05) is 0 Å². The molecule has 0 aromatic carbocycles. The van der Waals surface area contributed by atoms with Crippen LogP contribution in [0, 0.1) is 17.8 Å². The quantitative estimate of drug-likeness (QED) is 0.649. The van der Waals surface area contributed by atoms with E-state index in [2.05, 4.69) is 41.5 Å². The summed E-state index contributed by atoms with van der Waals surface area (Å²) in [6.07, 6.45) is 0. The third kappa shape index (κ3) is 7.85. The summed E-state index contributed by atoms with van der Waals surface area (Å²) in [7, 11) is 0. The summed E-state index contributed by atoms with van der Waals surface area (Å²) in [6.45, 7) is 15.0. The zero-order valence-electron chi connectivity index (χ0n) is 12.7. The topological polar surface area (TPSA) is 26.3 Å². The van der Waals surface area contributed by atoms with Gasteiger partial charge >= 0.3 is 110 Å². The van der Waals surface area contributed by atoms with E-state index in [1.54, 1.807) is 6.92 Å². The Morgan fingerprint density at radius 1 is 0.882 bits per heavy atom. The Morgan fingerprint density at radius 3 is 1.35 bits per heavy atom. The molecule has 0 aliphatic rings. The van der Waals surface area contributed by atoms with Gasteiger partial charge in [-0.05, 0) is 0 Å². The molecular weight excluding hydrogens is 273 g/mol. The van der Waals surface area contributed by atoms with Crippen LogP contribution >= 0.6 is 0 Å². The van der Waals surface area contributed by atoms with Crippen molar-refractivity contribution in [3.05, 3.63) is 0 Å². The fourth-order valence-electron chi connectivity index (χ4n) is 2.91. The average Bonchev–Trinajstić information content (AvgIpc) is 1.95. The third-order valence-electron chi connectivity index (χ3n) is 2.70. The van der Waals surface area contributed by atoms with Crippen LogP contribution in [0.15, 0.2) is 0 Å². The van der Waals surface area contributed by atoms with Gasteiger partial charge in [-0.3, -0.25) is 0 Å². The molecule has 0 heterocycles. The van der Waals surface area contributed by atoms with Crippen LogP contribution in [0.1, 0.15) is 48.5 Å². The van der Waals surface area contributed by atoms with E-state index < -0.39 is 13.6 Å². The van der Waals surface area contributed by atoms with Crippen LogP contribution < -0.4 is 0 Å². The minimum absolute atomic E-state index is 0.0630. The van der Waals surface area contributed by atoms with E-state index in [4.69, 9.17) is 3.76 Å². The van der Waals surface area contributed by atoms with Crippen LogP contribution in [0.2, 0.25) is 15.8 Å². The predicted octanol–water partition coefficient (Wildman–Crippen LogP) is 4.46. The molecule has 0 saturated heterocycles. The third-order valence-corrected chi connectivity index (χ3v) is 14.0. The molecule has 0 bridgehead atoms. The Balaban J connectivity index is 4.96. The molecule has 17 heavy (non-hydrogen) atoms. The van der Waals surface area contributed by atoms with E-state index in [1.165, 1.54) is 0 Å². The summed E-state index contributed by atoms with van der Waals surface area (Å²) in [5.41, 5.74) is 0. The molecule has 0 radical (unpaired) electrons. The maximum atomic E-state index is 11.4.